The summed E-state index contributed by atoms with van der Waals surface area (Å²) in [4.78, 5) is 24.9. The van der Waals surface area contributed by atoms with Crippen molar-refractivity contribution in [3.05, 3.63) is 67.0 Å². The highest BCUT2D eigenvalue weighted by Gasteiger charge is 2.26. The van der Waals surface area contributed by atoms with E-state index in [1.165, 1.54) is 0 Å². The zero-order valence-electron chi connectivity index (χ0n) is 15.9. The average molecular weight is 398 g/mol. The Balaban J connectivity index is 1.37. The molecule has 0 atom stereocenters. The predicted octanol–water partition coefficient (Wildman–Crippen LogP) is 2.97. The van der Waals surface area contributed by atoms with Gasteiger partial charge in [-0.05, 0) is 42.7 Å². The molecule has 0 saturated heterocycles. The van der Waals surface area contributed by atoms with E-state index in [1.54, 1.807) is 37.1 Å². The summed E-state index contributed by atoms with van der Waals surface area (Å²) >= 11 is 0. The summed E-state index contributed by atoms with van der Waals surface area (Å²) in [5, 5.41) is 11.2. The Hall–Kier alpha value is -4.14. The van der Waals surface area contributed by atoms with Crippen LogP contribution in [0.2, 0.25) is 0 Å². The van der Waals surface area contributed by atoms with Gasteiger partial charge in [-0.25, -0.2) is 9.97 Å². The summed E-state index contributed by atoms with van der Waals surface area (Å²) in [6.45, 7) is 0. The fraction of sp³-hybridized carbons (Fsp3) is 0.143. The van der Waals surface area contributed by atoms with Crippen LogP contribution in [0.4, 0.5) is 11.6 Å². The third kappa shape index (κ3) is 3.60. The Morgan fingerprint density at radius 2 is 1.87 bits per heavy atom. The first kappa shape index (κ1) is 17.9. The number of hydrogen-bond acceptors (Lipinski definition) is 7. The van der Waals surface area contributed by atoms with Gasteiger partial charge in [0.25, 0.3) is 5.91 Å². The number of hydrogen-bond donors (Lipinski definition) is 2. The van der Waals surface area contributed by atoms with Gasteiger partial charge >= 0.3 is 0 Å². The Bertz CT molecular complexity index is 1210. The highest BCUT2D eigenvalue weighted by atomic mass is 16.1. The number of rotatable bonds is 5. The van der Waals surface area contributed by atoms with E-state index in [-0.39, 0.29) is 17.5 Å². The van der Waals surface area contributed by atoms with Crippen LogP contribution in [0.1, 0.15) is 29.4 Å². The molecule has 0 radical (unpaired) electrons. The van der Waals surface area contributed by atoms with E-state index in [0.29, 0.717) is 11.7 Å². The zero-order valence-corrected chi connectivity index (χ0v) is 15.9. The first-order valence-corrected chi connectivity index (χ1v) is 9.52. The first-order valence-electron chi connectivity index (χ1n) is 9.52. The minimum absolute atomic E-state index is 0.197. The topological polar surface area (TPSA) is 125 Å². The summed E-state index contributed by atoms with van der Waals surface area (Å²) in [5.74, 6) is 0.689. The molecule has 148 valence electrons. The molecule has 3 N–H and O–H groups in total. The van der Waals surface area contributed by atoms with E-state index in [4.69, 9.17) is 5.73 Å². The monoisotopic (exact) mass is 398 g/mol. The van der Waals surface area contributed by atoms with E-state index >= 15 is 0 Å². The molecule has 30 heavy (non-hydrogen) atoms. The number of anilines is 2. The number of pyridine rings is 1. The molecule has 1 aliphatic rings. The first-order chi connectivity index (χ1) is 14.7. The van der Waals surface area contributed by atoms with E-state index in [0.717, 1.165) is 35.4 Å². The lowest BCUT2D eigenvalue weighted by molar-refractivity contribution is 0.102. The van der Waals surface area contributed by atoms with Crippen LogP contribution in [-0.4, -0.2) is 35.6 Å². The standard InChI is InChI=1S/C21H18N8O/c22-21-24-10-15(11-25-21)13-6-7-23-18(9-13)20(30)27-16-3-1-2-14(8-16)19-28-26-12-29(19)17-4-5-17/h1-3,6-12,17H,4-5H2,(H,27,30)(H2,22,24,25). The highest BCUT2D eigenvalue weighted by Crippen LogP contribution is 2.37. The van der Waals surface area contributed by atoms with Crippen LogP contribution in [0.25, 0.3) is 22.5 Å². The third-order valence-corrected chi connectivity index (χ3v) is 4.89. The summed E-state index contributed by atoms with van der Waals surface area (Å²) in [5.41, 5.74) is 8.91. The number of nitrogen functional groups attached to an aromatic ring is 1. The Kier molecular flexibility index (Phi) is 4.40. The second-order valence-electron chi connectivity index (χ2n) is 7.09. The van der Waals surface area contributed by atoms with Crippen molar-refractivity contribution in [2.45, 2.75) is 18.9 Å². The Morgan fingerprint density at radius 3 is 2.67 bits per heavy atom. The molecule has 0 bridgehead atoms. The van der Waals surface area contributed by atoms with Gasteiger partial charge in [-0.2, -0.15) is 0 Å². The van der Waals surface area contributed by atoms with Crippen LogP contribution in [0.15, 0.2) is 61.3 Å². The van der Waals surface area contributed by atoms with E-state index in [9.17, 15) is 4.79 Å². The van der Waals surface area contributed by atoms with Gasteiger partial charge in [0, 0.05) is 41.4 Å². The summed E-state index contributed by atoms with van der Waals surface area (Å²) in [6, 6.07) is 11.5. The molecule has 9 nitrogen and oxygen atoms in total. The molecule has 1 aromatic carbocycles. The zero-order chi connectivity index (χ0) is 20.5. The van der Waals surface area contributed by atoms with Gasteiger partial charge in [-0.1, -0.05) is 12.1 Å². The summed E-state index contributed by atoms with van der Waals surface area (Å²) in [7, 11) is 0. The van der Waals surface area contributed by atoms with Crippen molar-refractivity contribution in [3.63, 3.8) is 0 Å². The maximum Gasteiger partial charge on any atom is 0.274 e. The van der Waals surface area contributed by atoms with Crippen LogP contribution in [0, 0.1) is 0 Å². The smallest absolute Gasteiger partial charge is 0.274 e. The second-order valence-corrected chi connectivity index (χ2v) is 7.09. The molecular weight excluding hydrogens is 380 g/mol. The average Bonchev–Trinajstić information content (AvgIpc) is 3.50. The molecule has 0 unspecified atom stereocenters. The SMILES string of the molecule is Nc1ncc(-c2ccnc(C(=O)Nc3cccc(-c4nncn4C4CC4)c3)c2)cn1. The molecule has 5 rings (SSSR count). The van der Waals surface area contributed by atoms with Crippen molar-refractivity contribution in [1.29, 1.82) is 0 Å². The Labute approximate surface area is 172 Å². The van der Waals surface area contributed by atoms with Crippen molar-refractivity contribution in [3.8, 4) is 22.5 Å². The number of amides is 1. The molecule has 0 aliphatic heterocycles. The van der Waals surface area contributed by atoms with Gasteiger partial charge in [0.1, 0.15) is 12.0 Å². The lowest BCUT2D eigenvalue weighted by Gasteiger charge is -2.09. The van der Waals surface area contributed by atoms with Crippen LogP contribution in [0.3, 0.4) is 0 Å². The number of nitrogens with zero attached hydrogens (tertiary/aromatic N) is 6. The van der Waals surface area contributed by atoms with Gasteiger partial charge in [0.2, 0.25) is 5.95 Å². The van der Waals surface area contributed by atoms with Gasteiger partial charge < -0.3 is 15.6 Å². The highest BCUT2D eigenvalue weighted by molar-refractivity contribution is 6.03. The molecular formula is C21H18N8O. The third-order valence-electron chi connectivity index (χ3n) is 4.89. The fourth-order valence-electron chi connectivity index (χ4n) is 3.22. The van der Waals surface area contributed by atoms with E-state index in [2.05, 4.69) is 35.0 Å². The van der Waals surface area contributed by atoms with Crippen molar-refractivity contribution in [2.75, 3.05) is 11.1 Å². The number of benzene rings is 1. The predicted molar refractivity (Wildman–Crippen MR) is 111 cm³/mol. The number of nitrogens with one attached hydrogen (secondary N) is 1. The lowest BCUT2D eigenvalue weighted by atomic mass is 10.1. The van der Waals surface area contributed by atoms with Gasteiger partial charge in [-0.15, -0.1) is 10.2 Å². The maximum atomic E-state index is 12.8. The second kappa shape index (κ2) is 7.36. The van der Waals surface area contributed by atoms with Crippen LogP contribution < -0.4 is 11.1 Å². The molecule has 1 saturated carbocycles. The van der Waals surface area contributed by atoms with Gasteiger partial charge in [0.05, 0.1) is 0 Å². The van der Waals surface area contributed by atoms with Crippen LogP contribution in [-0.2, 0) is 0 Å². The molecule has 1 aliphatic carbocycles. The van der Waals surface area contributed by atoms with Crippen molar-refractivity contribution < 1.29 is 4.79 Å². The maximum absolute atomic E-state index is 12.8. The van der Waals surface area contributed by atoms with Crippen LogP contribution >= 0.6 is 0 Å². The number of nitrogens with two attached hydrogens (primary N) is 1. The quantitative estimate of drug-likeness (QED) is 0.529. The molecule has 0 spiro atoms. The molecule has 1 amide bonds. The van der Waals surface area contributed by atoms with Crippen LogP contribution in [0.5, 0.6) is 0 Å². The fourth-order valence-corrected chi connectivity index (χ4v) is 3.22. The molecule has 3 aromatic heterocycles. The largest absolute Gasteiger partial charge is 0.368 e. The molecule has 3 heterocycles. The normalized spacial score (nSPS) is 13.2. The lowest BCUT2D eigenvalue weighted by Crippen LogP contribution is -2.13. The molecule has 4 aromatic rings. The summed E-state index contributed by atoms with van der Waals surface area (Å²) in [6.07, 6.45) is 8.84. The van der Waals surface area contributed by atoms with Gasteiger partial charge in [0.15, 0.2) is 5.82 Å². The minimum atomic E-state index is -0.311. The van der Waals surface area contributed by atoms with Crippen molar-refractivity contribution in [2.24, 2.45) is 0 Å². The van der Waals surface area contributed by atoms with E-state index < -0.39 is 0 Å². The van der Waals surface area contributed by atoms with Gasteiger partial charge in [-0.3, -0.25) is 9.78 Å². The van der Waals surface area contributed by atoms with Crippen molar-refractivity contribution >= 4 is 17.5 Å². The Morgan fingerprint density at radius 1 is 1.03 bits per heavy atom. The molecule has 1 fully saturated rings. The number of carbonyl (C=O) groups is 1. The number of carbonyl (C=O) groups excluding carboxylic acids is 1. The van der Waals surface area contributed by atoms with Crippen molar-refractivity contribution in [1.82, 2.24) is 29.7 Å². The van der Waals surface area contributed by atoms with E-state index in [1.807, 2.05) is 24.3 Å². The number of aromatic nitrogens is 6. The minimum Gasteiger partial charge on any atom is -0.368 e. The summed E-state index contributed by atoms with van der Waals surface area (Å²) < 4.78 is 2.08. The molecule has 9 heteroatoms.